The van der Waals surface area contributed by atoms with Crippen LogP contribution in [0, 0.1) is 0 Å². The smallest absolute Gasteiger partial charge is 0.284 e. The van der Waals surface area contributed by atoms with Crippen LogP contribution in [0.15, 0.2) is 34.2 Å². The van der Waals surface area contributed by atoms with Crippen LogP contribution in [-0.4, -0.2) is 37.4 Å². The lowest BCUT2D eigenvalue weighted by atomic mass is 10.2. The number of nitrogens with two attached hydrogens (primary N) is 1. The van der Waals surface area contributed by atoms with Crippen molar-refractivity contribution in [2.24, 2.45) is 10.7 Å². The van der Waals surface area contributed by atoms with Crippen molar-refractivity contribution in [1.29, 1.82) is 0 Å². The van der Waals surface area contributed by atoms with Crippen molar-refractivity contribution in [2.75, 3.05) is 20.6 Å². The molecule has 0 aliphatic rings. The Morgan fingerprint density at radius 2 is 2.23 bits per heavy atom. The van der Waals surface area contributed by atoms with E-state index in [0.29, 0.717) is 12.3 Å². The summed E-state index contributed by atoms with van der Waals surface area (Å²) in [6, 6.07) is 3.31. The van der Waals surface area contributed by atoms with Crippen molar-refractivity contribution in [2.45, 2.75) is 32.2 Å². The molecule has 1 aromatic heterocycles. The Morgan fingerprint density at radius 3 is 2.82 bits per heavy atom. The van der Waals surface area contributed by atoms with Gasteiger partial charge < -0.3 is 20.4 Å². The summed E-state index contributed by atoms with van der Waals surface area (Å²) in [4.78, 5) is 17.3. The maximum absolute atomic E-state index is 11.0. The maximum Gasteiger partial charge on any atom is 0.284 e. The van der Waals surface area contributed by atoms with Crippen molar-refractivity contribution in [3.63, 3.8) is 0 Å². The van der Waals surface area contributed by atoms with E-state index in [-0.39, 0.29) is 5.76 Å². The van der Waals surface area contributed by atoms with E-state index in [4.69, 9.17) is 10.2 Å². The maximum atomic E-state index is 11.0. The normalized spacial score (nSPS) is 11.3. The number of hydrogen-bond donors (Lipinski definition) is 2. The van der Waals surface area contributed by atoms with Gasteiger partial charge in [-0.05, 0) is 31.4 Å². The predicted molar refractivity (Wildman–Crippen MR) is 88.7 cm³/mol. The Kier molecular flexibility index (Phi) is 7.81. The Balaban J connectivity index is 2.37. The van der Waals surface area contributed by atoms with Crippen molar-refractivity contribution in [3.8, 4) is 0 Å². The van der Waals surface area contributed by atoms with Gasteiger partial charge in [0.05, 0.1) is 6.54 Å². The number of nitrogens with one attached hydrogen (secondary N) is 1. The first-order valence-electron chi connectivity index (χ1n) is 7.49. The number of hydrogen-bond acceptors (Lipinski definition) is 3. The van der Waals surface area contributed by atoms with Gasteiger partial charge in [-0.1, -0.05) is 12.5 Å². The third-order valence-electron chi connectivity index (χ3n) is 3.30. The Bertz CT molecular complexity index is 508. The summed E-state index contributed by atoms with van der Waals surface area (Å²) in [5.74, 6) is 1.05. The van der Waals surface area contributed by atoms with Crippen molar-refractivity contribution < 1.29 is 9.21 Å². The molecule has 122 valence electrons. The second-order valence-electron chi connectivity index (χ2n) is 5.09. The molecule has 6 nitrogen and oxygen atoms in total. The van der Waals surface area contributed by atoms with Gasteiger partial charge in [0.15, 0.2) is 11.7 Å². The van der Waals surface area contributed by atoms with Crippen LogP contribution in [0.4, 0.5) is 0 Å². The molecule has 22 heavy (non-hydrogen) atoms. The number of nitrogens with zero attached hydrogens (tertiary/aromatic N) is 2. The highest BCUT2D eigenvalue weighted by Crippen LogP contribution is 2.07. The number of unbranched alkanes of at least 4 members (excludes halogenated alkanes) is 3. The van der Waals surface area contributed by atoms with Crippen LogP contribution < -0.4 is 11.1 Å². The molecule has 6 heteroatoms. The first-order valence-corrected chi connectivity index (χ1v) is 7.49. The number of primary amides is 1. The summed E-state index contributed by atoms with van der Waals surface area (Å²) in [5, 5.41) is 3.20. The van der Waals surface area contributed by atoms with Crippen molar-refractivity contribution in [3.05, 3.63) is 36.3 Å². The highest BCUT2D eigenvalue weighted by Gasteiger charge is 2.09. The molecule has 0 bridgehead atoms. The van der Waals surface area contributed by atoms with Crippen LogP contribution in [-0.2, 0) is 6.54 Å². The van der Waals surface area contributed by atoms with Crippen molar-refractivity contribution >= 4 is 11.9 Å². The number of rotatable bonds is 9. The zero-order valence-corrected chi connectivity index (χ0v) is 13.5. The van der Waals surface area contributed by atoms with Crippen LogP contribution in [0.25, 0.3) is 0 Å². The second kappa shape index (κ2) is 9.65. The Morgan fingerprint density at radius 1 is 1.45 bits per heavy atom. The van der Waals surface area contributed by atoms with Gasteiger partial charge in [-0.25, -0.2) is 0 Å². The fourth-order valence-corrected chi connectivity index (χ4v) is 2.08. The molecule has 0 saturated carbocycles. The van der Waals surface area contributed by atoms with Gasteiger partial charge in [0.2, 0.25) is 0 Å². The highest BCUT2D eigenvalue weighted by molar-refractivity contribution is 5.89. The molecule has 0 spiro atoms. The van der Waals surface area contributed by atoms with E-state index < -0.39 is 5.91 Å². The van der Waals surface area contributed by atoms with Crippen LogP contribution >= 0.6 is 0 Å². The van der Waals surface area contributed by atoms with E-state index in [1.807, 2.05) is 13.1 Å². The number of carbonyl (C=O) groups is 1. The summed E-state index contributed by atoms with van der Waals surface area (Å²) in [5.41, 5.74) is 5.16. The first kappa shape index (κ1) is 17.8. The lowest BCUT2D eigenvalue weighted by Gasteiger charge is -2.21. The van der Waals surface area contributed by atoms with Gasteiger partial charge >= 0.3 is 0 Å². The number of carbonyl (C=O) groups excluding carboxylic acids is 1. The van der Waals surface area contributed by atoms with Gasteiger partial charge in [-0.15, -0.1) is 6.58 Å². The quantitative estimate of drug-likeness (QED) is 0.317. The molecule has 0 aliphatic carbocycles. The van der Waals surface area contributed by atoms with Gasteiger partial charge in [0.1, 0.15) is 5.76 Å². The summed E-state index contributed by atoms with van der Waals surface area (Å²) in [6.45, 7) is 5.11. The van der Waals surface area contributed by atoms with E-state index in [0.717, 1.165) is 25.3 Å². The fourth-order valence-electron chi connectivity index (χ4n) is 2.08. The standard InChI is InChI=1S/C16H26N4O2/c1-4-5-6-7-8-11-20(3)16(18-2)19-12-13-9-10-14(22-13)15(17)21/h4,9-10H,1,5-8,11-12H2,2-3H3,(H2,17,21)(H,18,19). The second-order valence-corrected chi connectivity index (χ2v) is 5.09. The largest absolute Gasteiger partial charge is 0.454 e. The van der Waals surface area contributed by atoms with Gasteiger partial charge in [0, 0.05) is 20.6 Å². The van der Waals surface area contributed by atoms with Gasteiger partial charge in [-0.2, -0.15) is 0 Å². The zero-order valence-electron chi connectivity index (χ0n) is 13.5. The molecule has 0 aromatic carbocycles. The molecule has 0 unspecified atom stereocenters. The minimum Gasteiger partial charge on any atom is -0.454 e. The van der Waals surface area contributed by atoms with Crippen LogP contribution in [0.2, 0.25) is 0 Å². The average molecular weight is 306 g/mol. The van der Waals surface area contributed by atoms with E-state index in [1.165, 1.54) is 12.8 Å². The Labute approximate surface area is 132 Å². The fraction of sp³-hybridized carbons (Fsp3) is 0.500. The van der Waals surface area contributed by atoms with E-state index in [2.05, 4.69) is 21.8 Å². The topological polar surface area (TPSA) is 83.9 Å². The number of aliphatic imine (C=N–C) groups is 1. The minimum absolute atomic E-state index is 0.169. The summed E-state index contributed by atoms with van der Waals surface area (Å²) in [6.07, 6.45) is 6.47. The molecule has 0 fully saturated rings. The average Bonchev–Trinajstić information content (AvgIpc) is 2.97. The number of furan rings is 1. The molecule has 0 atom stereocenters. The summed E-state index contributed by atoms with van der Waals surface area (Å²) >= 11 is 0. The van der Waals surface area contributed by atoms with Crippen molar-refractivity contribution in [1.82, 2.24) is 10.2 Å². The third-order valence-corrected chi connectivity index (χ3v) is 3.30. The number of guanidine groups is 1. The molecule has 0 aliphatic heterocycles. The molecular weight excluding hydrogens is 280 g/mol. The van der Waals surface area contributed by atoms with Gasteiger partial charge in [-0.3, -0.25) is 9.79 Å². The SMILES string of the molecule is C=CCCCCCN(C)C(=NC)NCc1ccc(C(N)=O)o1. The van der Waals surface area contributed by atoms with Gasteiger partial charge in [0.25, 0.3) is 5.91 Å². The minimum atomic E-state index is -0.563. The molecule has 1 heterocycles. The summed E-state index contributed by atoms with van der Waals surface area (Å²) in [7, 11) is 3.74. The van der Waals surface area contributed by atoms with E-state index in [9.17, 15) is 4.79 Å². The Hall–Kier alpha value is -2.24. The molecular formula is C16H26N4O2. The number of amides is 1. The first-order chi connectivity index (χ1) is 10.6. The summed E-state index contributed by atoms with van der Waals surface area (Å²) < 4.78 is 5.33. The molecule has 3 N–H and O–H groups in total. The van der Waals surface area contributed by atoms with Crippen LogP contribution in [0.5, 0.6) is 0 Å². The number of allylic oxidation sites excluding steroid dienone is 1. The van der Waals surface area contributed by atoms with E-state index >= 15 is 0 Å². The van der Waals surface area contributed by atoms with Crippen LogP contribution in [0.3, 0.4) is 0 Å². The monoisotopic (exact) mass is 306 g/mol. The van der Waals surface area contributed by atoms with Crippen LogP contribution in [0.1, 0.15) is 42.0 Å². The highest BCUT2D eigenvalue weighted by atomic mass is 16.3. The lowest BCUT2D eigenvalue weighted by molar-refractivity contribution is 0.0972. The molecule has 1 rings (SSSR count). The predicted octanol–water partition coefficient (Wildman–Crippen LogP) is 2.13. The lowest BCUT2D eigenvalue weighted by Crippen LogP contribution is -2.38. The third kappa shape index (κ3) is 6.03. The molecule has 0 radical (unpaired) electrons. The molecule has 1 aromatic rings. The van der Waals surface area contributed by atoms with E-state index in [1.54, 1.807) is 19.2 Å². The molecule has 1 amide bonds. The molecule has 0 saturated heterocycles. The zero-order chi connectivity index (χ0) is 16.4.